The first-order chi connectivity index (χ1) is 8.07. The number of thiazole rings is 1. The molecule has 0 unspecified atom stereocenters. The van der Waals surface area contributed by atoms with E-state index in [1.165, 1.54) is 11.3 Å². The van der Waals surface area contributed by atoms with E-state index in [0.717, 1.165) is 16.3 Å². The van der Waals surface area contributed by atoms with Crippen molar-refractivity contribution in [1.82, 2.24) is 9.97 Å². The molecule has 2 aromatic heterocycles. The maximum atomic E-state index is 11.7. The molecule has 0 aliphatic carbocycles. The number of pyridine rings is 1. The van der Waals surface area contributed by atoms with Gasteiger partial charge in [-0.3, -0.25) is 0 Å². The van der Waals surface area contributed by atoms with Gasteiger partial charge in [0.15, 0.2) is 14.9 Å². The highest BCUT2D eigenvalue weighted by molar-refractivity contribution is 7.90. The fraction of sp³-hybridized carbons (Fsp3) is 0.0909. The average Bonchev–Trinajstić information content (AvgIpc) is 2.75. The molecule has 0 saturated heterocycles. The topological polar surface area (TPSA) is 59.9 Å². The van der Waals surface area contributed by atoms with Gasteiger partial charge in [-0.15, -0.1) is 11.3 Å². The summed E-state index contributed by atoms with van der Waals surface area (Å²) in [6.45, 7) is 0. The first kappa shape index (κ1) is 10.6. The van der Waals surface area contributed by atoms with Gasteiger partial charge in [0.2, 0.25) is 0 Å². The smallest absolute Gasteiger partial charge is 0.195 e. The summed E-state index contributed by atoms with van der Waals surface area (Å²) in [5.74, 6) is 0. The summed E-state index contributed by atoms with van der Waals surface area (Å²) in [6, 6.07) is 7.48. The minimum atomic E-state index is -3.36. The molecular formula is C11H8N2O2S2. The van der Waals surface area contributed by atoms with Crippen molar-refractivity contribution in [2.24, 2.45) is 0 Å². The van der Waals surface area contributed by atoms with Crippen LogP contribution in [0.2, 0.25) is 0 Å². The van der Waals surface area contributed by atoms with Crippen molar-refractivity contribution in [3.63, 3.8) is 0 Å². The van der Waals surface area contributed by atoms with Crippen LogP contribution in [0.5, 0.6) is 0 Å². The Morgan fingerprint density at radius 2 is 2.00 bits per heavy atom. The summed E-state index contributed by atoms with van der Waals surface area (Å²) < 4.78 is 24.3. The summed E-state index contributed by atoms with van der Waals surface area (Å²) in [5, 5.41) is 1.00. The first-order valence-corrected chi connectivity index (χ1v) is 7.66. The van der Waals surface area contributed by atoms with E-state index in [1.54, 1.807) is 5.51 Å². The Balaban J connectivity index is 2.62. The lowest BCUT2D eigenvalue weighted by Gasteiger charge is -2.02. The molecule has 0 fully saturated rings. The molecule has 0 radical (unpaired) electrons. The summed E-state index contributed by atoms with van der Waals surface area (Å²) >= 11 is 1.43. The van der Waals surface area contributed by atoms with Gasteiger partial charge >= 0.3 is 0 Å². The van der Waals surface area contributed by atoms with Crippen molar-refractivity contribution in [1.29, 1.82) is 0 Å². The molecule has 0 spiro atoms. The van der Waals surface area contributed by atoms with E-state index in [1.807, 2.05) is 24.3 Å². The third-order valence-corrected chi connectivity index (χ3v) is 4.34. The number of hydrogen-bond donors (Lipinski definition) is 0. The van der Waals surface area contributed by atoms with Crippen LogP contribution in [0, 0.1) is 0 Å². The highest BCUT2D eigenvalue weighted by atomic mass is 32.2. The number of fused-ring (bicyclic) bond motifs is 3. The third kappa shape index (κ3) is 1.60. The van der Waals surface area contributed by atoms with E-state index < -0.39 is 9.84 Å². The van der Waals surface area contributed by atoms with Gasteiger partial charge < -0.3 is 0 Å². The normalized spacial score (nSPS) is 12.3. The molecule has 2 heterocycles. The number of nitrogens with zero attached hydrogens (tertiary/aromatic N) is 2. The van der Waals surface area contributed by atoms with Gasteiger partial charge in [0.05, 0.1) is 15.7 Å². The van der Waals surface area contributed by atoms with Crippen LogP contribution in [-0.4, -0.2) is 24.6 Å². The number of benzene rings is 1. The molecule has 86 valence electrons. The number of sulfone groups is 1. The predicted molar refractivity (Wildman–Crippen MR) is 68.0 cm³/mol. The molecule has 4 nitrogen and oxygen atoms in total. The molecule has 0 aliphatic heterocycles. The van der Waals surface area contributed by atoms with Gasteiger partial charge in [0.1, 0.15) is 5.52 Å². The third-order valence-electron chi connectivity index (χ3n) is 2.49. The summed E-state index contributed by atoms with van der Waals surface area (Å²) in [6.07, 6.45) is 1.16. The van der Waals surface area contributed by atoms with E-state index in [0.29, 0.717) is 11.0 Å². The highest BCUT2D eigenvalue weighted by Gasteiger charge is 2.18. The molecule has 0 atom stereocenters. The Morgan fingerprint density at radius 3 is 2.76 bits per heavy atom. The zero-order chi connectivity index (χ0) is 12.0. The summed E-state index contributed by atoms with van der Waals surface area (Å²) in [7, 11) is -3.36. The van der Waals surface area contributed by atoms with Crippen LogP contribution in [0.3, 0.4) is 0 Å². The van der Waals surface area contributed by atoms with Crippen molar-refractivity contribution in [3.8, 4) is 0 Å². The van der Waals surface area contributed by atoms with Crippen molar-refractivity contribution < 1.29 is 8.42 Å². The van der Waals surface area contributed by atoms with Gasteiger partial charge in [0, 0.05) is 11.6 Å². The second kappa shape index (κ2) is 3.48. The fourth-order valence-corrected chi connectivity index (χ4v) is 3.43. The zero-order valence-electron chi connectivity index (χ0n) is 8.91. The average molecular weight is 264 g/mol. The summed E-state index contributed by atoms with van der Waals surface area (Å²) in [4.78, 5) is 8.32. The molecule has 6 heteroatoms. The maximum Gasteiger partial charge on any atom is 0.195 e. The van der Waals surface area contributed by atoms with Gasteiger partial charge in [-0.2, -0.15) is 0 Å². The van der Waals surface area contributed by atoms with Gasteiger partial charge in [0.25, 0.3) is 0 Å². The van der Waals surface area contributed by atoms with Crippen LogP contribution in [0.15, 0.2) is 34.8 Å². The molecule has 1 aromatic carbocycles. The largest absolute Gasteiger partial charge is 0.242 e. The van der Waals surface area contributed by atoms with Gasteiger partial charge in [-0.05, 0) is 6.07 Å². The SMILES string of the molecule is CS(=O)(=O)c1nc2ccccc2c2scnc12. The van der Waals surface area contributed by atoms with Crippen LogP contribution in [0.25, 0.3) is 21.1 Å². The Hall–Kier alpha value is -1.53. The predicted octanol–water partition coefficient (Wildman–Crippen LogP) is 2.25. The molecule has 0 aliphatic rings. The Labute approximate surface area is 102 Å². The summed E-state index contributed by atoms with van der Waals surface area (Å²) in [5.41, 5.74) is 2.80. The van der Waals surface area contributed by atoms with Crippen molar-refractivity contribution in [2.75, 3.05) is 6.26 Å². The van der Waals surface area contributed by atoms with Gasteiger partial charge in [-0.1, -0.05) is 18.2 Å². The van der Waals surface area contributed by atoms with Crippen molar-refractivity contribution >= 4 is 42.3 Å². The molecule has 17 heavy (non-hydrogen) atoms. The second-order valence-corrected chi connectivity index (χ2v) is 6.52. The molecule has 0 N–H and O–H groups in total. The molecule has 0 bridgehead atoms. The Kier molecular flexibility index (Phi) is 2.17. The van der Waals surface area contributed by atoms with Gasteiger partial charge in [-0.25, -0.2) is 18.4 Å². The maximum absolute atomic E-state index is 11.7. The fourth-order valence-electron chi connectivity index (χ4n) is 1.77. The van der Waals surface area contributed by atoms with Crippen LogP contribution in [0.1, 0.15) is 0 Å². The molecule has 3 rings (SSSR count). The lowest BCUT2D eigenvalue weighted by atomic mass is 10.2. The van der Waals surface area contributed by atoms with Crippen LogP contribution >= 0.6 is 11.3 Å². The second-order valence-electron chi connectivity index (χ2n) is 3.74. The zero-order valence-corrected chi connectivity index (χ0v) is 10.5. The number of para-hydroxylation sites is 1. The quantitative estimate of drug-likeness (QED) is 0.676. The van der Waals surface area contributed by atoms with Crippen molar-refractivity contribution in [2.45, 2.75) is 5.03 Å². The standard InChI is InChI=1S/C11H8N2O2S2/c1-17(14,15)11-9-10(16-6-12-9)7-4-2-3-5-8(7)13-11/h2-6H,1H3. The number of aromatic nitrogens is 2. The lowest BCUT2D eigenvalue weighted by Crippen LogP contribution is -2.02. The van der Waals surface area contributed by atoms with Crippen LogP contribution < -0.4 is 0 Å². The van der Waals surface area contributed by atoms with E-state index in [4.69, 9.17) is 0 Å². The lowest BCUT2D eigenvalue weighted by molar-refractivity contribution is 0.599. The molecule has 0 saturated carbocycles. The molecule has 0 amide bonds. The molecule has 3 aromatic rings. The first-order valence-electron chi connectivity index (χ1n) is 4.89. The minimum absolute atomic E-state index is 0.0625. The van der Waals surface area contributed by atoms with E-state index in [-0.39, 0.29) is 5.03 Å². The van der Waals surface area contributed by atoms with E-state index >= 15 is 0 Å². The number of rotatable bonds is 1. The Bertz CT molecular complexity index is 822. The molecular weight excluding hydrogens is 256 g/mol. The Morgan fingerprint density at radius 1 is 1.24 bits per heavy atom. The highest BCUT2D eigenvalue weighted by Crippen LogP contribution is 2.30. The monoisotopic (exact) mass is 264 g/mol. The van der Waals surface area contributed by atoms with Crippen LogP contribution in [0.4, 0.5) is 0 Å². The van der Waals surface area contributed by atoms with E-state index in [2.05, 4.69) is 9.97 Å². The van der Waals surface area contributed by atoms with Crippen molar-refractivity contribution in [3.05, 3.63) is 29.8 Å². The van der Waals surface area contributed by atoms with Crippen LogP contribution in [-0.2, 0) is 9.84 Å². The number of hydrogen-bond acceptors (Lipinski definition) is 5. The minimum Gasteiger partial charge on any atom is -0.242 e. The van der Waals surface area contributed by atoms with E-state index in [9.17, 15) is 8.42 Å².